The van der Waals surface area contributed by atoms with Gasteiger partial charge in [-0.05, 0) is 70.8 Å². The molecule has 0 atom stereocenters. The summed E-state index contributed by atoms with van der Waals surface area (Å²) in [5.74, 6) is 3.07. The van der Waals surface area contributed by atoms with Crippen molar-refractivity contribution < 1.29 is 9.47 Å². The van der Waals surface area contributed by atoms with E-state index in [4.69, 9.17) is 9.47 Å². The first-order valence-electron chi connectivity index (χ1n) is 17.3. The van der Waals surface area contributed by atoms with Crippen molar-refractivity contribution in [2.45, 2.75) is 0 Å². The van der Waals surface area contributed by atoms with Gasteiger partial charge in [0.15, 0.2) is 0 Å². The van der Waals surface area contributed by atoms with Crippen LogP contribution in [0.2, 0.25) is 0 Å². The molecule has 8 aromatic carbocycles. The molecule has 0 spiro atoms. The largest absolute Gasteiger partial charge is 0.456 e. The third kappa shape index (κ3) is 4.82. The standard InChI is InChI=1S/C48H31NO2/c1-3-15-32(16-4-1)35-22-13-27-45-47(35)48-36(23-14-28-46(48)51-44-26-12-9-21-40(44)39-20-8-11-25-43(39)50-45)33-29-30-38-37-19-7-10-24-41(37)49(42(38)31-33)34-17-5-2-6-18-34/h1-31H. The van der Waals surface area contributed by atoms with Crippen LogP contribution in [-0.4, -0.2) is 4.57 Å². The number of benzene rings is 8. The van der Waals surface area contributed by atoms with Crippen molar-refractivity contribution in [3.8, 4) is 73.2 Å². The van der Waals surface area contributed by atoms with Crippen LogP contribution in [0.15, 0.2) is 188 Å². The quantitative estimate of drug-likeness (QED) is 0.189. The zero-order valence-electron chi connectivity index (χ0n) is 27.7. The van der Waals surface area contributed by atoms with Crippen molar-refractivity contribution in [3.05, 3.63) is 188 Å². The van der Waals surface area contributed by atoms with Crippen LogP contribution in [0.4, 0.5) is 0 Å². The molecule has 0 saturated carbocycles. The summed E-state index contributed by atoms with van der Waals surface area (Å²) < 4.78 is 16.4. The first-order valence-corrected chi connectivity index (χ1v) is 17.3. The molecule has 0 saturated heterocycles. The molecule has 51 heavy (non-hydrogen) atoms. The SMILES string of the molecule is c1ccc(-c2cccc3c2-c2c(cccc2-c2ccc4c5ccccc5n(-c5ccccc5)c4c2)Oc2ccccc2-c2ccccc2O3)cc1. The Morgan fingerprint density at radius 3 is 1.47 bits per heavy atom. The van der Waals surface area contributed by atoms with Gasteiger partial charge in [-0.15, -0.1) is 0 Å². The summed E-state index contributed by atoms with van der Waals surface area (Å²) in [5, 5.41) is 2.43. The van der Waals surface area contributed by atoms with E-state index in [-0.39, 0.29) is 0 Å². The van der Waals surface area contributed by atoms with E-state index in [2.05, 4.69) is 156 Å². The first kappa shape index (κ1) is 29.1. The Morgan fingerprint density at radius 1 is 0.314 bits per heavy atom. The number of rotatable bonds is 3. The summed E-state index contributed by atoms with van der Waals surface area (Å²) in [6.45, 7) is 0. The van der Waals surface area contributed by atoms with Crippen LogP contribution in [0.3, 0.4) is 0 Å². The Hall–Kier alpha value is -6.84. The molecular formula is C48H31NO2. The summed E-state index contributed by atoms with van der Waals surface area (Å²) in [4.78, 5) is 0. The summed E-state index contributed by atoms with van der Waals surface area (Å²) in [6, 6.07) is 65.7. The predicted molar refractivity (Wildman–Crippen MR) is 209 cm³/mol. The van der Waals surface area contributed by atoms with Gasteiger partial charge in [-0.3, -0.25) is 0 Å². The molecule has 0 unspecified atom stereocenters. The number of nitrogens with zero attached hydrogens (tertiary/aromatic N) is 1. The van der Waals surface area contributed by atoms with Gasteiger partial charge in [-0.2, -0.15) is 0 Å². The fraction of sp³-hybridized carbons (Fsp3) is 0. The Morgan fingerprint density at radius 2 is 0.804 bits per heavy atom. The van der Waals surface area contributed by atoms with E-state index in [0.717, 1.165) is 78.7 Å². The van der Waals surface area contributed by atoms with E-state index in [1.807, 2.05) is 36.4 Å². The van der Waals surface area contributed by atoms with Crippen molar-refractivity contribution in [1.82, 2.24) is 4.57 Å². The van der Waals surface area contributed by atoms with Gasteiger partial charge in [-0.25, -0.2) is 0 Å². The van der Waals surface area contributed by atoms with Crippen molar-refractivity contribution in [3.63, 3.8) is 0 Å². The maximum Gasteiger partial charge on any atom is 0.136 e. The minimum atomic E-state index is 0.760. The molecule has 9 aromatic rings. The van der Waals surface area contributed by atoms with Crippen molar-refractivity contribution in [1.29, 1.82) is 0 Å². The fourth-order valence-corrected chi connectivity index (χ4v) is 7.63. The van der Waals surface area contributed by atoms with E-state index < -0.39 is 0 Å². The van der Waals surface area contributed by atoms with E-state index in [9.17, 15) is 0 Å². The lowest BCUT2D eigenvalue weighted by Gasteiger charge is -2.25. The molecule has 0 fully saturated rings. The second kappa shape index (κ2) is 11.9. The van der Waals surface area contributed by atoms with Crippen LogP contribution in [-0.2, 0) is 0 Å². The van der Waals surface area contributed by atoms with E-state index in [1.54, 1.807) is 0 Å². The van der Waals surface area contributed by atoms with E-state index in [0.29, 0.717) is 0 Å². The predicted octanol–water partition coefficient (Wildman–Crippen LogP) is 13.3. The maximum absolute atomic E-state index is 7.05. The van der Waals surface area contributed by atoms with Crippen LogP contribution < -0.4 is 9.47 Å². The smallest absolute Gasteiger partial charge is 0.136 e. The maximum atomic E-state index is 7.05. The van der Waals surface area contributed by atoms with Crippen LogP contribution in [0, 0.1) is 0 Å². The molecular weight excluding hydrogens is 623 g/mol. The van der Waals surface area contributed by atoms with Gasteiger partial charge >= 0.3 is 0 Å². The average Bonchev–Trinajstić information content (AvgIpc) is 3.53. The monoisotopic (exact) mass is 653 g/mol. The Kier molecular flexibility index (Phi) is 6.81. The molecule has 0 aliphatic carbocycles. The molecule has 3 heteroatoms. The van der Waals surface area contributed by atoms with Gasteiger partial charge in [0, 0.05) is 38.7 Å². The van der Waals surface area contributed by atoms with Gasteiger partial charge in [0.2, 0.25) is 0 Å². The molecule has 0 N–H and O–H groups in total. The molecule has 0 amide bonds. The molecule has 3 nitrogen and oxygen atoms in total. The lowest BCUT2D eigenvalue weighted by molar-refractivity contribution is 0.472. The highest BCUT2D eigenvalue weighted by Crippen LogP contribution is 2.52. The van der Waals surface area contributed by atoms with Gasteiger partial charge in [0.05, 0.1) is 11.0 Å². The van der Waals surface area contributed by atoms with E-state index in [1.165, 1.54) is 16.3 Å². The van der Waals surface area contributed by atoms with Crippen LogP contribution in [0.5, 0.6) is 23.0 Å². The summed E-state index contributed by atoms with van der Waals surface area (Å²) in [7, 11) is 0. The number of para-hydroxylation sites is 4. The molecule has 2 heterocycles. The first-order chi connectivity index (χ1) is 25.3. The Labute approximate surface area is 296 Å². The van der Waals surface area contributed by atoms with Gasteiger partial charge in [-0.1, -0.05) is 140 Å². The van der Waals surface area contributed by atoms with Gasteiger partial charge in [0.1, 0.15) is 23.0 Å². The number of hydrogen-bond acceptors (Lipinski definition) is 2. The lowest BCUT2D eigenvalue weighted by atomic mass is 9.87. The summed E-state index contributed by atoms with van der Waals surface area (Å²) in [6.07, 6.45) is 0. The highest BCUT2D eigenvalue weighted by atomic mass is 16.5. The van der Waals surface area contributed by atoms with Crippen molar-refractivity contribution in [2.75, 3.05) is 0 Å². The van der Waals surface area contributed by atoms with Crippen molar-refractivity contribution in [2.24, 2.45) is 0 Å². The van der Waals surface area contributed by atoms with Gasteiger partial charge in [0.25, 0.3) is 0 Å². The number of fused-ring (bicyclic) bond motifs is 9. The minimum Gasteiger partial charge on any atom is -0.456 e. The average molecular weight is 654 g/mol. The lowest BCUT2D eigenvalue weighted by Crippen LogP contribution is -2.00. The molecule has 1 aliphatic heterocycles. The zero-order valence-corrected chi connectivity index (χ0v) is 27.7. The third-order valence-electron chi connectivity index (χ3n) is 9.89. The Bertz CT molecular complexity index is 2740. The summed E-state index contributed by atoms with van der Waals surface area (Å²) in [5.41, 5.74) is 11.7. The Balaban J connectivity index is 1.30. The number of aromatic nitrogens is 1. The zero-order chi connectivity index (χ0) is 33.7. The molecule has 1 aliphatic rings. The van der Waals surface area contributed by atoms with Crippen LogP contribution >= 0.6 is 0 Å². The number of hydrogen-bond donors (Lipinski definition) is 0. The fourth-order valence-electron chi connectivity index (χ4n) is 7.63. The van der Waals surface area contributed by atoms with Crippen molar-refractivity contribution >= 4 is 21.8 Å². The molecule has 1 aromatic heterocycles. The van der Waals surface area contributed by atoms with E-state index >= 15 is 0 Å². The molecule has 0 bridgehead atoms. The minimum absolute atomic E-state index is 0.760. The summed E-state index contributed by atoms with van der Waals surface area (Å²) >= 11 is 0. The molecule has 240 valence electrons. The van der Waals surface area contributed by atoms with Crippen LogP contribution in [0.25, 0.3) is 72.0 Å². The topological polar surface area (TPSA) is 23.4 Å². The molecule has 10 rings (SSSR count). The second-order valence-electron chi connectivity index (χ2n) is 12.8. The molecule has 0 radical (unpaired) electrons. The third-order valence-corrected chi connectivity index (χ3v) is 9.89. The second-order valence-corrected chi connectivity index (χ2v) is 12.8. The normalized spacial score (nSPS) is 11.8. The van der Waals surface area contributed by atoms with Gasteiger partial charge < -0.3 is 14.0 Å². The van der Waals surface area contributed by atoms with Crippen LogP contribution in [0.1, 0.15) is 0 Å². The highest BCUT2D eigenvalue weighted by molar-refractivity contribution is 6.11. The highest BCUT2D eigenvalue weighted by Gasteiger charge is 2.26. The number of ether oxygens (including phenoxy) is 2.